The largest absolute Gasteiger partial charge is 0.339 e. The van der Waals surface area contributed by atoms with E-state index in [1.165, 1.54) is 0 Å². The Balaban J connectivity index is 1.29. The number of amides is 1. The molecule has 2 aliphatic heterocycles. The van der Waals surface area contributed by atoms with Gasteiger partial charge in [-0.1, -0.05) is 28.9 Å². The number of aromatic nitrogens is 3. The third-order valence-electron chi connectivity index (χ3n) is 5.99. The van der Waals surface area contributed by atoms with Crippen molar-refractivity contribution in [2.75, 3.05) is 0 Å². The Morgan fingerprint density at radius 1 is 1.14 bits per heavy atom. The number of pyridine rings is 1. The van der Waals surface area contributed by atoms with Gasteiger partial charge in [-0.05, 0) is 55.5 Å². The Kier molecular flexibility index (Phi) is 4.79. The number of carbonyl (C=O) groups excluding carboxylic acids is 1. The number of carbonyl (C=O) groups is 1. The molecule has 2 fully saturated rings. The third kappa shape index (κ3) is 3.65. The smallest absolute Gasteiger partial charge is 0.230 e. The van der Waals surface area contributed by atoms with Gasteiger partial charge in [0.25, 0.3) is 0 Å². The van der Waals surface area contributed by atoms with Crippen LogP contribution in [-0.2, 0) is 11.2 Å². The molecule has 3 aromatic rings. The molecule has 0 radical (unpaired) electrons. The molecule has 2 aromatic heterocycles. The van der Waals surface area contributed by atoms with Gasteiger partial charge in [-0.25, -0.2) is 0 Å². The van der Waals surface area contributed by atoms with E-state index in [0.717, 1.165) is 36.8 Å². The summed E-state index contributed by atoms with van der Waals surface area (Å²) in [4.78, 5) is 23.7. The molecular weight excluding hydrogens is 388 g/mol. The summed E-state index contributed by atoms with van der Waals surface area (Å²) < 4.78 is 5.59. The molecule has 1 unspecified atom stereocenters. The van der Waals surface area contributed by atoms with E-state index in [9.17, 15) is 4.79 Å². The maximum absolute atomic E-state index is 13.0. The summed E-state index contributed by atoms with van der Waals surface area (Å²) in [5.74, 6) is 1.65. The van der Waals surface area contributed by atoms with Crippen LogP contribution in [0.4, 0.5) is 0 Å². The zero-order valence-electron chi connectivity index (χ0n) is 15.9. The fraction of sp³-hybridized carbons (Fsp3) is 0.364. The van der Waals surface area contributed by atoms with Crippen LogP contribution in [0.5, 0.6) is 0 Å². The van der Waals surface area contributed by atoms with Crippen LogP contribution in [0.3, 0.4) is 0 Å². The molecule has 0 aliphatic carbocycles. The van der Waals surface area contributed by atoms with E-state index in [0.29, 0.717) is 23.2 Å². The van der Waals surface area contributed by atoms with Gasteiger partial charge in [0.15, 0.2) is 0 Å². The van der Waals surface area contributed by atoms with Crippen LogP contribution in [0.25, 0.3) is 11.4 Å². The number of fused-ring (bicyclic) bond motifs is 2. The SMILES string of the molecule is O=C(Cc1cccc(Cl)c1)N1[C@@H]2CC[C@H]1CC(c1nc(-c3ccncc3)no1)C2. The molecule has 2 bridgehead atoms. The van der Waals surface area contributed by atoms with Crippen molar-refractivity contribution in [3.8, 4) is 11.4 Å². The molecule has 6 nitrogen and oxygen atoms in total. The normalized spacial score (nSPS) is 23.3. The summed E-state index contributed by atoms with van der Waals surface area (Å²) in [5.41, 5.74) is 1.86. The van der Waals surface area contributed by atoms with Crippen LogP contribution in [0.15, 0.2) is 53.3 Å². The standard InChI is InChI=1S/C22H21ClN4O2/c23-17-3-1-2-14(10-17)11-20(28)27-18-4-5-19(27)13-16(12-18)22-25-21(26-29-22)15-6-8-24-9-7-15/h1-3,6-10,16,18-19H,4-5,11-13H2/t16?,18-,19+. The van der Waals surface area contributed by atoms with Gasteiger partial charge in [0.05, 0.1) is 6.42 Å². The second-order valence-electron chi connectivity index (χ2n) is 7.85. The highest BCUT2D eigenvalue weighted by molar-refractivity contribution is 6.30. The molecule has 5 rings (SSSR count). The molecule has 3 atom stereocenters. The Bertz CT molecular complexity index is 1010. The molecule has 1 amide bonds. The molecular formula is C22H21ClN4O2. The van der Waals surface area contributed by atoms with Crippen molar-refractivity contribution in [2.45, 2.75) is 50.1 Å². The predicted molar refractivity (Wildman–Crippen MR) is 108 cm³/mol. The molecule has 148 valence electrons. The summed E-state index contributed by atoms with van der Waals surface area (Å²) in [6.07, 6.45) is 7.64. The van der Waals surface area contributed by atoms with Gasteiger partial charge in [-0.2, -0.15) is 4.98 Å². The topological polar surface area (TPSA) is 72.1 Å². The van der Waals surface area contributed by atoms with Crippen molar-refractivity contribution in [3.63, 3.8) is 0 Å². The molecule has 1 aromatic carbocycles. The van der Waals surface area contributed by atoms with E-state index in [1.54, 1.807) is 12.4 Å². The van der Waals surface area contributed by atoms with Crippen LogP contribution in [0.1, 0.15) is 43.1 Å². The highest BCUT2D eigenvalue weighted by Crippen LogP contribution is 2.43. The van der Waals surface area contributed by atoms with E-state index in [1.807, 2.05) is 36.4 Å². The van der Waals surface area contributed by atoms with E-state index in [2.05, 4.69) is 20.0 Å². The maximum atomic E-state index is 13.0. The zero-order chi connectivity index (χ0) is 19.8. The lowest BCUT2D eigenvalue weighted by atomic mass is 9.90. The number of nitrogens with zero attached hydrogens (tertiary/aromatic N) is 4. The second-order valence-corrected chi connectivity index (χ2v) is 8.29. The van der Waals surface area contributed by atoms with Crippen LogP contribution in [-0.4, -0.2) is 38.0 Å². The number of hydrogen-bond acceptors (Lipinski definition) is 5. The number of piperidine rings is 1. The molecule has 0 spiro atoms. The minimum absolute atomic E-state index is 0.182. The highest BCUT2D eigenvalue weighted by Gasteiger charge is 2.44. The van der Waals surface area contributed by atoms with Gasteiger partial charge in [0, 0.05) is 41.0 Å². The van der Waals surface area contributed by atoms with E-state index < -0.39 is 0 Å². The first-order chi connectivity index (χ1) is 14.2. The van der Waals surface area contributed by atoms with Crippen molar-refractivity contribution in [1.82, 2.24) is 20.0 Å². The monoisotopic (exact) mass is 408 g/mol. The first-order valence-electron chi connectivity index (χ1n) is 9.97. The molecule has 4 heterocycles. The molecule has 7 heteroatoms. The van der Waals surface area contributed by atoms with Crippen molar-refractivity contribution in [2.24, 2.45) is 0 Å². The summed E-state index contributed by atoms with van der Waals surface area (Å²) in [5, 5.41) is 4.81. The molecule has 2 saturated heterocycles. The Morgan fingerprint density at radius 2 is 1.90 bits per heavy atom. The molecule has 0 N–H and O–H groups in total. The Labute approximate surface area is 173 Å². The Hall–Kier alpha value is -2.73. The summed E-state index contributed by atoms with van der Waals surface area (Å²) in [6, 6.07) is 11.8. The number of halogens is 1. The first-order valence-corrected chi connectivity index (χ1v) is 10.3. The molecule has 0 saturated carbocycles. The minimum Gasteiger partial charge on any atom is -0.339 e. The van der Waals surface area contributed by atoms with Crippen LogP contribution < -0.4 is 0 Å². The lowest BCUT2D eigenvalue weighted by Crippen LogP contribution is -2.46. The lowest BCUT2D eigenvalue weighted by molar-refractivity contribution is -0.135. The van der Waals surface area contributed by atoms with E-state index in [-0.39, 0.29) is 23.9 Å². The second kappa shape index (κ2) is 7.59. The van der Waals surface area contributed by atoms with Crippen LogP contribution >= 0.6 is 11.6 Å². The van der Waals surface area contributed by atoms with Gasteiger partial charge in [0.2, 0.25) is 17.6 Å². The summed E-state index contributed by atoms with van der Waals surface area (Å²) in [6.45, 7) is 0. The predicted octanol–water partition coefficient (Wildman–Crippen LogP) is 4.26. The summed E-state index contributed by atoms with van der Waals surface area (Å²) >= 11 is 6.07. The third-order valence-corrected chi connectivity index (χ3v) is 6.23. The highest BCUT2D eigenvalue weighted by atomic mass is 35.5. The Morgan fingerprint density at radius 3 is 2.62 bits per heavy atom. The van der Waals surface area contributed by atoms with Gasteiger partial charge in [-0.15, -0.1) is 0 Å². The fourth-order valence-corrected chi connectivity index (χ4v) is 4.93. The fourth-order valence-electron chi connectivity index (χ4n) is 4.72. The minimum atomic E-state index is 0.182. The molecule has 29 heavy (non-hydrogen) atoms. The quantitative estimate of drug-likeness (QED) is 0.644. The lowest BCUT2D eigenvalue weighted by Gasteiger charge is -2.38. The van der Waals surface area contributed by atoms with Crippen molar-refractivity contribution >= 4 is 17.5 Å². The van der Waals surface area contributed by atoms with Gasteiger partial charge >= 0.3 is 0 Å². The van der Waals surface area contributed by atoms with Crippen LogP contribution in [0.2, 0.25) is 5.02 Å². The van der Waals surface area contributed by atoms with Crippen molar-refractivity contribution in [3.05, 3.63) is 65.3 Å². The average molecular weight is 409 g/mol. The average Bonchev–Trinajstić information content (AvgIpc) is 3.32. The van der Waals surface area contributed by atoms with Gasteiger partial charge < -0.3 is 9.42 Å². The van der Waals surface area contributed by atoms with Crippen LogP contribution in [0, 0.1) is 0 Å². The van der Waals surface area contributed by atoms with Crippen molar-refractivity contribution in [1.29, 1.82) is 0 Å². The summed E-state index contributed by atoms with van der Waals surface area (Å²) in [7, 11) is 0. The number of rotatable bonds is 4. The maximum Gasteiger partial charge on any atom is 0.230 e. The molecule has 2 aliphatic rings. The zero-order valence-corrected chi connectivity index (χ0v) is 16.6. The van der Waals surface area contributed by atoms with Crippen molar-refractivity contribution < 1.29 is 9.32 Å². The van der Waals surface area contributed by atoms with E-state index in [4.69, 9.17) is 16.1 Å². The van der Waals surface area contributed by atoms with Gasteiger partial charge in [0.1, 0.15) is 0 Å². The first kappa shape index (κ1) is 18.3. The number of hydrogen-bond donors (Lipinski definition) is 0. The van der Waals surface area contributed by atoms with Gasteiger partial charge in [-0.3, -0.25) is 9.78 Å². The van der Waals surface area contributed by atoms with E-state index >= 15 is 0 Å². The number of benzene rings is 1.